The van der Waals surface area contributed by atoms with E-state index < -0.39 is 11.4 Å². The van der Waals surface area contributed by atoms with Crippen LogP contribution in [0.25, 0.3) is 0 Å². The number of amides is 1. The molecule has 0 radical (unpaired) electrons. The SMILES string of the molecule is Cc1occc1C(=O)OCC(=O)c1ccc(CNC(=O)C(C)(C)C)s1. The standard InChI is InChI=1S/C18H21NO5S/c1-11-13(7-8-23-11)16(21)24-10-14(20)15-6-5-12(25-15)9-19-17(22)18(2,3)4/h5-8H,9-10H2,1-4H3,(H,19,22). The van der Waals surface area contributed by atoms with E-state index >= 15 is 0 Å². The van der Waals surface area contributed by atoms with E-state index in [4.69, 9.17) is 9.15 Å². The molecule has 7 heteroatoms. The van der Waals surface area contributed by atoms with E-state index in [0.717, 1.165) is 4.88 Å². The topological polar surface area (TPSA) is 85.6 Å². The van der Waals surface area contributed by atoms with E-state index in [1.165, 1.54) is 23.7 Å². The van der Waals surface area contributed by atoms with E-state index in [-0.39, 0.29) is 18.3 Å². The fraction of sp³-hybridized carbons (Fsp3) is 0.389. The Morgan fingerprint density at radius 3 is 2.52 bits per heavy atom. The fourth-order valence-electron chi connectivity index (χ4n) is 1.93. The van der Waals surface area contributed by atoms with Crippen molar-refractivity contribution in [3.05, 3.63) is 45.5 Å². The second-order valence-corrected chi connectivity index (χ2v) is 7.76. The quantitative estimate of drug-likeness (QED) is 0.628. The van der Waals surface area contributed by atoms with Gasteiger partial charge in [0.1, 0.15) is 11.3 Å². The van der Waals surface area contributed by atoms with Crippen LogP contribution in [0.5, 0.6) is 0 Å². The highest BCUT2D eigenvalue weighted by Gasteiger charge is 2.21. The largest absolute Gasteiger partial charge is 0.469 e. The molecule has 0 aromatic carbocycles. The van der Waals surface area contributed by atoms with Crippen molar-refractivity contribution < 1.29 is 23.5 Å². The summed E-state index contributed by atoms with van der Waals surface area (Å²) in [5, 5.41) is 2.83. The molecule has 6 nitrogen and oxygen atoms in total. The second-order valence-electron chi connectivity index (χ2n) is 6.59. The minimum atomic E-state index is -0.589. The van der Waals surface area contributed by atoms with Crippen LogP contribution in [0.4, 0.5) is 0 Å². The van der Waals surface area contributed by atoms with Gasteiger partial charge in [-0.15, -0.1) is 11.3 Å². The summed E-state index contributed by atoms with van der Waals surface area (Å²) in [5.74, 6) is -0.481. The highest BCUT2D eigenvalue weighted by atomic mass is 32.1. The Morgan fingerprint density at radius 1 is 1.20 bits per heavy atom. The van der Waals surface area contributed by atoms with Gasteiger partial charge in [-0.05, 0) is 25.1 Å². The summed E-state index contributed by atoms with van der Waals surface area (Å²) in [5.41, 5.74) is -0.153. The van der Waals surface area contributed by atoms with Crippen molar-refractivity contribution in [2.45, 2.75) is 34.2 Å². The molecule has 2 aromatic rings. The third kappa shape index (κ3) is 5.03. The summed E-state index contributed by atoms with van der Waals surface area (Å²) < 4.78 is 10.1. The smallest absolute Gasteiger partial charge is 0.342 e. The predicted molar refractivity (Wildman–Crippen MR) is 93.7 cm³/mol. The number of nitrogens with one attached hydrogen (secondary N) is 1. The number of esters is 1. The molecule has 1 N–H and O–H groups in total. The lowest BCUT2D eigenvalue weighted by atomic mass is 9.96. The van der Waals surface area contributed by atoms with Crippen molar-refractivity contribution in [1.82, 2.24) is 5.32 Å². The number of hydrogen-bond donors (Lipinski definition) is 1. The Kier molecular flexibility index (Phi) is 5.79. The molecule has 0 fully saturated rings. The molecule has 25 heavy (non-hydrogen) atoms. The molecule has 0 saturated carbocycles. The molecule has 0 unspecified atom stereocenters. The fourth-order valence-corrected chi connectivity index (χ4v) is 2.80. The lowest BCUT2D eigenvalue weighted by molar-refractivity contribution is -0.128. The maximum absolute atomic E-state index is 12.1. The maximum Gasteiger partial charge on any atom is 0.342 e. The first-order valence-electron chi connectivity index (χ1n) is 7.80. The van der Waals surface area contributed by atoms with Gasteiger partial charge in [0.2, 0.25) is 11.7 Å². The molecule has 0 bridgehead atoms. The first-order valence-corrected chi connectivity index (χ1v) is 8.61. The number of thiophene rings is 1. The molecule has 1 amide bonds. The van der Waals surface area contributed by atoms with Crippen molar-refractivity contribution in [1.29, 1.82) is 0 Å². The van der Waals surface area contributed by atoms with E-state index in [1.807, 2.05) is 20.8 Å². The van der Waals surface area contributed by atoms with Gasteiger partial charge in [-0.3, -0.25) is 9.59 Å². The molecule has 0 aliphatic rings. The third-order valence-electron chi connectivity index (χ3n) is 3.45. The Morgan fingerprint density at radius 2 is 1.92 bits per heavy atom. The van der Waals surface area contributed by atoms with E-state index in [9.17, 15) is 14.4 Å². The Hall–Kier alpha value is -2.41. The van der Waals surface area contributed by atoms with Gasteiger partial charge < -0.3 is 14.5 Å². The highest BCUT2D eigenvalue weighted by molar-refractivity contribution is 7.14. The van der Waals surface area contributed by atoms with Gasteiger partial charge in [0, 0.05) is 10.3 Å². The summed E-state index contributed by atoms with van der Waals surface area (Å²) >= 11 is 1.27. The third-order valence-corrected chi connectivity index (χ3v) is 4.58. The van der Waals surface area contributed by atoms with Crippen molar-refractivity contribution in [2.24, 2.45) is 5.41 Å². The number of carbonyl (C=O) groups excluding carboxylic acids is 3. The summed E-state index contributed by atoms with van der Waals surface area (Å²) in [4.78, 5) is 37.2. The van der Waals surface area contributed by atoms with E-state index in [1.54, 1.807) is 19.1 Å². The average molecular weight is 363 g/mol. The van der Waals surface area contributed by atoms with Gasteiger partial charge in [-0.1, -0.05) is 20.8 Å². The van der Waals surface area contributed by atoms with Crippen LogP contribution in [-0.2, 0) is 16.1 Å². The molecule has 134 valence electrons. The highest BCUT2D eigenvalue weighted by Crippen LogP contribution is 2.19. The molecule has 0 aliphatic heterocycles. The van der Waals surface area contributed by atoms with E-state index in [2.05, 4.69) is 5.32 Å². The zero-order valence-electron chi connectivity index (χ0n) is 14.7. The van der Waals surface area contributed by atoms with Crippen LogP contribution in [0.2, 0.25) is 0 Å². The van der Waals surface area contributed by atoms with Gasteiger partial charge in [0.15, 0.2) is 6.61 Å². The van der Waals surface area contributed by atoms with Crippen molar-refractivity contribution >= 4 is 29.0 Å². The van der Waals surface area contributed by atoms with Crippen LogP contribution in [0.1, 0.15) is 51.4 Å². The van der Waals surface area contributed by atoms with Crippen molar-refractivity contribution in [3.8, 4) is 0 Å². The first kappa shape index (κ1) is 18.9. The van der Waals surface area contributed by atoms with Gasteiger partial charge in [0.05, 0.1) is 17.7 Å². The number of aryl methyl sites for hydroxylation is 1. The zero-order chi connectivity index (χ0) is 18.6. The average Bonchev–Trinajstić information content (AvgIpc) is 3.17. The summed E-state index contributed by atoms with van der Waals surface area (Å²) in [6.45, 7) is 7.18. The van der Waals surface area contributed by atoms with Crippen LogP contribution >= 0.6 is 11.3 Å². The van der Waals surface area contributed by atoms with Gasteiger partial charge in [-0.2, -0.15) is 0 Å². The van der Waals surface area contributed by atoms with E-state index in [0.29, 0.717) is 22.7 Å². The van der Waals surface area contributed by atoms with Crippen LogP contribution in [0, 0.1) is 12.3 Å². The number of ketones is 1. The molecule has 0 atom stereocenters. The lowest BCUT2D eigenvalue weighted by Gasteiger charge is -2.17. The number of ether oxygens (including phenoxy) is 1. The van der Waals surface area contributed by atoms with Crippen LogP contribution in [-0.4, -0.2) is 24.3 Å². The van der Waals surface area contributed by atoms with Gasteiger partial charge in [-0.25, -0.2) is 4.79 Å². The van der Waals surface area contributed by atoms with Crippen molar-refractivity contribution in [2.75, 3.05) is 6.61 Å². The monoisotopic (exact) mass is 363 g/mol. The Bertz CT molecular complexity index is 781. The Labute approximate surface area is 150 Å². The number of Topliss-reactive ketones (excluding diaryl/α,β-unsaturated/α-hetero) is 1. The maximum atomic E-state index is 12.1. The van der Waals surface area contributed by atoms with Crippen LogP contribution < -0.4 is 5.32 Å². The normalized spacial score (nSPS) is 11.2. The van der Waals surface area contributed by atoms with Crippen molar-refractivity contribution in [3.63, 3.8) is 0 Å². The second kappa shape index (κ2) is 7.65. The Balaban J connectivity index is 1.87. The minimum Gasteiger partial charge on any atom is -0.469 e. The first-order chi connectivity index (χ1) is 11.7. The zero-order valence-corrected chi connectivity index (χ0v) is 15.5. The molecule has 0 aliphatic carbocycles. The molecule has 0 saturated heterocycles. The summed E-state index contributed by atoms with van der Waals surface area (Å²) in [7, 11) is 0. The summed E-state index contributed by atoms with van der Waals surface area (Å²) in [6.07, 6.45) is 1.39. The molecular weight excluding hydrogens is 342 g/mol. The van der Waals surface area contributed by atoms with Crippen LogP contribution in [0.3, 0.4) is 0 Å². The predicted octanol–water partition coefficient (Wildman–Crippen LogP) is 3.35. The molecule has 2 heterocycles. The van der Waals surface area contributed by atoms with Crippen LogP contribution in [0.15, 0.2) is 28.9 Å². The molecule has 2 rings (SSSR count). The number of rotatable bonds is 6. The number of carbonyl (C=O) groups is 3. The lowest BCUT2D eigenvalue weighted by Crippen LogP contribution is -2.34. The minimum absolute atomic E-state index is 0.0572. The molecular formula is C18H21NO5S. The van der Waals surface area contributed by atoms with Gasteiger partial charge in [0.25, 0.3) is 0 Å². The molecule has 2 aromatic heterocycles. The molecule has 0 spiro atoms. The number of furan rings is 1. The number of hydrogen-bond acceptors (Lipinski definition) is 6. The van der Waals surface area contributed by atoms with Gasteiger partial charge >= 0.3 is 5.97 Å². The summed E-state index contributed by atoms with van der Waals surface area (Å²) in [6, 6.07) is 4.95.